The molecule has 2 amide bonds. The number of piperidine rings is 1. The number of sulfonamides is 1. The number of benzene rings is 2. The average Bonchev–Trinajstić information content (AvgIpc) is 2.99. The Bertz CT molecular complexity index is 1130. The van der Waals surface area contributed by atoms with Gasteiger partial charge in [-0.1, -0.05) is 31.2 Å². The number of carbonyl (C=O) groups is 2. The summed E-state index contributed by atoms with van der Waals surface area (Å²) in [6.07, 6.45) is 2.72. The monoisotopic (exact) mass is 453 g/mol. The number of nitrogens with zero attached hydrogens (tertiary/aromatic N) is 2. The summed E-state index contributed by atoms with van der Waals surface area (Å²) in [7, 11) is -3.61. The van der Waals surface area contributed by atoms with Crippen LogP contribution in [0.4, 0.5) is 5.69 Å². The quantitative estimate of drug-likeness (QED) is 0.748. The SMILES string of the molecule is C=C1c2ccccc2C(=O)N1CC(=O)Nc1ccc(S(=O)(=O)N2C(C)CCCC2C)cc1. The maximum Gasteiger partial charge on any atom is 0.259 e. The highest BCUT2D eigenvalue weighted by atomic mass is 32.2. The molecular formula is C24H27N3O4S. The molecule has 4 rings (SSSR count). The molecule has 0 saturated carbocycles. The Labute approximate surface area is 188 Å². The smallest absolute Gasteiger partial charge is 0.259 e. The Morgan fingerprint density at radius 1 is 1.03 bits per heavy atom. The Balaban J connectivity index is 1.44. The molecule has 0 spiro atoms. The van der Waals surface area contributed by atoms with Crippen LogP contribution >= 0.6 is 0 Å². The second-order valence-electron chi connectivity index (χ2n) is 8.42. The van der Waals surface area contributed by atoms with E-state index in [1.54, 1.807) is 34.6 Å². The van der Waals surface area contributed by atoms with Crippen molar-refractivity contribution in [3.8, 4) is 0 Å². The van der Waals surface area contributed by atoms with Crippen LogP contribution in [-0.2, 0) is 14.8 Å². The Hall–Kier alpha value is -2.97. The van der Waals surface area contributed by atoms with Crippen LogP contribution in [0.2, 0.25) is 0 Å². The van der Waals surface area contributed by atoms with Crippen molar-refractivity contribution in [1.82, 2.24) is 9.21 Å². The summed E-state index contributed by atoms with van der Waals surface area (Å²) < 4.78 is 27.9. The third-order valence-corrected chi connectivity index (χ3v) is 8.31. The van der Waals surface area contributed by atoms with Gasteiger partial charge < -0.3 is 5.32 Å². The fourth-order valence-corrected chi connectivity index (χ4v) is 6.43. The standard InChI is InChI=1S/C24H27N3O4S/c1-16-7-6-8-17(2)27(16)32(30,31)20-13-11-19(12-14-20)25-23(28)15-26-18(3)21-9-4-5-10-22(21)24(26)29/h4-5,9-14,16-17H,3,6-8,15H2,1-2H3,(H,25,28). The summed E-state index contributed by atoms with van der Waals surface area (Å²) in [4.78, 5) is 26.7. The normalized spacial score (nSPS) is 21.5. The zero-order valence-electron chi connectivity index (χ0n) is 18.2. The van der Waals surface area contributed by atoms with Crippen LogP contribution in [0.3, 0.4) is 0 Å². The summed E-state index contributed by atoms with van der Waals surface area (Å²) >= 11 is 0. The number of carbonyl (C=O) groups excluding carboxylic acids is 2. The van der Waals surface area contributed by atoms with Gasteiger partial charge in [-0.15, -0.1) is 0 Å². The molecule has 2 atom stereocenters. The predicted molar refractivity (Wildman–Crippen MR) is 123 cm³/mol. The molecule has 7 nitrogen and oxygen atoms in total. The maximum atomic E-state index is 13.1. The summed E-state index contributed by atoms with van der Waals surface area (Å²) in [6, 6.07) is 13.2. The van der Waals surface area contributed by atoms with Crippen LogP contribution in [0.5, 0.6) is 0 Å². The molecule has 1 fully saturated rings. The molecule has 1 N–H and O–H groups in total. The minimum absolute atomic E-state index is 0.0432. The fourth-order valence-electron chi connectivity index (χ4n) is 4.55. The number of fused-ring (bicyclic) bond motifs is 1. The molecule has 32 heavy (non-hydrogen) atoms. The van der Waals surface area contributed by atoms with Crippen molar-refractivity contribution in [2.75, 3.05) is 11.9 Å². The van der Waals surface area contributed by atoms with Gasteiger partial charge in [0.2, 0.25) is 15.9 Å². The molecule has 2 heterocycles. The minimum Gasteiger partial charge on any atom is -0.325 e. The number of hydrogen-bond donors (Lipinski definition) is 1. The molecule has 0 bridgehead atoms. The lowest BCUT2D eigenvalue weighted by atomic mass is 10.0. The highest BCUT2D eigenvalue weighted by Gasteiger charge is 2.36. The number of rotatable bonds is 5. The molecule has 2 unspecified atom stereocenters. The number of amides is 2. The van der Waals surface area contributed by atoms with Crippen molar-refractivity contribution in [1.29, 1.82) is 0 Å². The van der Waals surface area contributed by atoms with Gasteiger partial charge in [0.15, 0.2) is 0 Å². The van der Waals surface area contributed by atoms with Crippen LogP contribution in [0, 0.1) is 0 Å². The van der Waals surface area contributed by atoms with Crippen molar-refractivity contribution < 1.29 is 18.0 Å². The average molecular weight is 454 g/mol. The van der Waals surface area contributed by atoms with Gasteiger partial charge in [0, 0.05) is 34.6 Å². The van der Waals surface area contributed by atoms with E-state index < -0.39 is 10.0 Å². The molecule has 2 aliphatic rings. The first kappa shape index (κ1) is 22.2. The lowest BCUT2D eigenvalue weighted by molar-refractivity contribution is -0.116. The second kappa shape index (κ2) is 8.52. The van der Waals surface area contributed by atoms with E-state index in [1.807, 2.05) is 19.9 Å². The van der Waals surface area contributed by atoms with Crippen LogP contribution in [0.15, 0.2) is 60.0 Å². The Kier molecular flexibility index (Phi) is 5.92. The van der Waals surface area contributed by atoms with E-state index >= 15 is 0 Å². The molecule has 2 aromatic carbocycles. The summed E-state index contributed by atoms with van der Waals surface area (Å²) in [6.45, 7) is 7.64. The third-order valence-electron chi connectivity index (χ3n) is 6.17. The summed E-state index contributed by atoms with van der Waals surface area (Å²) in [5, 5.41) is 2.73. The zero-order chi connectivity index (χ0) is 23.0. The van der Waals surface area contributed by atoms with Crippen LogP contribution in [-0.4, -0.2) is 48.1 Å². The van der Waals surface area contributed by atoms with Crippen molar-refractivity contribution in [2.45, 2.75) is 50.1 Å². The van der Waals surface area contributed by atoms with E-state index in [4.69, 9.17) is 0 Å². The van der Waals surface area contributed by atoms with Crippen molar-refractivity contribution in [3.63, 3.8) is 0 Å². The van der Waals surface area contributed by atoms with E-state index in [0.29, 0.717) is 16.9 Å². The maximum absolute atomic E-state index is 13.1. The van der Waals surface area contributed by atoms with E-state index in [9.17, 15) is 18.0 Å². The first-order valence-electron chi connectivity index (χ1n) is 10.7. The third kappa shape index (κ3) is 3.96. The highest BCUT2D eigenvalue weighted by molar-refractivity contribution is 7.89. The number of hydrogen-bond acceptors (Lipinski definition) is 4. The van der Waals surface area contributed by atoms with Crippen LogP contribution in [0.25, 0.3) is 5.70 Å². The van der Waals surface area contributed by atoms with Gasteiger partial charge in [0.05, 0.1) is 4.90 Å². The molecule has 168 valence electrons. The Morgan fingerprint density at radius 2 is 1.62 bits per heavy atom. The van der Waals surface area contributed by atoms with E-state index in [-0.39, 0.29) is 35.3 Å². The fraction of sp³-hybridized carbons (Fsp3) is 0.333. The topological polar surface area (TPSA) is 86.8 Å². The van der Waals surface area contributed by atoms with E-state index in [1.165, 1.54) is 17.0 Å². The van der Waals surface area contributed by atoms with Gasteiger partial charge in [0.1, 0.15) is 6.54 Å². The highest BCUT2D eigenvalue weighted by Crippen LogP contribution is 2.31. The molecule has 1 saturated heterocycles. The van der Waals surface area contributed by atoms with Gasteiger partial charge in [-0.25, -0.2) is 8.42 Å². The first-order chi connectivity index (χ1) is 15.2. The predicted octanol–water partition coefficient (Wildman–Crippen LogP) is 3.70. The van der Waals surface area contributed by atoms with Crippen molar-refractivity contribution in [3.05, 3.63) is 66.2 Å². The Morgan fingerprint density at radius 3 is 2.22 bits per heavy atom. The molecule has 0 radical (unpaired) electrons. The molecular weight excluding hydrogens is 426 g/mol. The van der Waals surface area contributed by atoms with Gasteiger partial charge in [0.25, 0.3) is 5.91 Å². The summed E-state index contributed by atoms with van der Waals surface area (Å²) in [5.41, 5.74) is 2.21. The van der Waals surface area contributed by atoms with Crippen LogP contribution in [0.1, 0.15) is 49.0 Å². The minimum atomic E-state index is -3.61. The van der Waals surface area contributed by atoms with Gasteiger partial charge in [-0.05, 0) is 57.0 Å². The molecule has 2 aliphatic heterocycles. The molecule has 0 aliphatic carbocycles. The first-order valence-corrected chi connectivity index (χ1v) is 12.2. The van der Waals surface area contributed by atoms with Crippen molar-refractivity contribution in [2.24, 2.45) is 0 Å². The van der Waals surface area contributed by atoms with Crippen molar-refractivity contribution >= 4 is 33.2 Å². The lowest BCUT2D eigenvalue weighted by Crippen LogP contribution is -2.47. The zero-order valence-corrected chi connectivity index (χ0v) is 19.1. The largest absolute Gasteiger partial charge is 0.325 e. The number of nitrogens with one attached hydrogen (secondary N) is 1. The van der Waals surface area contributed by atoms with E-state index in [0.717, 1.165) is 24.8 Å². The molecule has 0 aromatic heterocycles. The number of anilines is 1. The van der Waals surface area contributed by atoms with Gasteiger partial charge >= 0.3 is 0 Å². The summed E-state index contributed by atoms with van der Waals surface area (Å²) in [5.74, 6) is -0.645. The van der Waals surface area contributed by atoms with Crippen LogP contribution < -0.4 is 5.32 Å². The lowest BCUT2D eigenvalue weighted by Gasteiger charge is -2.37. The molecule has 8 heteroatoms. The van der Waals surface area contributed by atoms with Gasteiger partial charge in [-0.2, -0.15) is 4.31 Å². The second-order valence-corrected chi connectivity index (χ2v) is 10.3. The van der Waals surface area contributed by atoms with E-state index in [2.05, 4.69) is 11.9 Å². The molecule has 2 aromatic rings. The van der Waals surface area contributed by atoms with Gasteiger partial charge in [-0.3, -0.25) is 14.5 Å².